The van der Waals surface area contributed by atoms with E-state index in [0.29, 0.717) is 5.69 Å². The number of amides is 2. The molecule has 1 heterocycles. The molecule has 0 saturated heterocycles. The molecular formula is C21H25N5O. The number of hydrogen-bond donors (Lipinski definition) is 2. The molecule has 2 atom stereocenters. The van der Waals surface area contributed by atoms with Gasteiger partial charge in [-0.05, 0) is 38.7 Å². The molecule has 3 rings (SSSR count). The van der Waals surface area contributed by atoms with Gasteiger partial charge in [-0.1, -0.05) is 48.5 Å². The van der Waals surface area contributed by atoms with Crippen LogP contribution in [0.4, 0.5) is 10.5 Å². The Morgan fingerprint density at radius 3 is 2.30 bits per heavy atom. The van der Waals surface area contributed by atoms with Crippen molar-refractivity contribution in [3.63, 3.8) is 0 Å². The lowest BCUT2D eigenvalue weighted by atomic mass is 9.99. The molecule has 2 amide bonds. The van der Waals surface area contributed by atoms with E-state index >= 15 is 0 Å². The standard InChI is InChI=1S/C21H25N5O/c1-16(20(25(2)3)17-10-6-4-7-11-17)23-21(27)24-18-14-22-26(15-18)19-12-8-5-9-13-19/h4-16,20H,1-3H3,(H2,23,24,27). The summed E-state index contributed by atoms with van der Waals surface area (Å²) in [5.74, 6) is 0. The number of carbonyl (C=O) groups is 1. The maximum atomic E-state index is 12.4. The van der Waals surface area contributed by atoms with Crippen LogP contribution in [0, 0.1) is 0 Å². The molecule has 0 saturated carbocycles. The number of hydrogen-bond acceptors (Lipinski definition) is 3. The summed E-state index contributed by atoms with van der Waals surface area (Å²) in [6, 6.07) is 19.7. The predicted molar refractivity (Wildman–Crippen MR) is 108 cm³/mol. The molecule has 140 valence electrons. The molecule has 6 nitrogen and oxygen atoms in total. The van der Waals surface area contributed by atoms with Crippen molar-refractivity contribution in [1.82, 2.24) is 20.0 Å². The van der Waals surface area contributed by atoms with Crippen molar-refractivity contribution in [2.45, 2.75) is 19.0 Å². The third-order valence-electron chi connectivity index (χ3n) is 4.39. The second kappa shape index (κ2) is 8.51. The Kier molecular flexibility index (Phi) is 5.88. The Labute approximate surface area is 159 Å². The fourth-order valence-electron chi connectivity index (χ4n) is 3.25. The first-order chi connectivity index (χ1) is 13.0. The molecule has 3 aromatic rings. The summed E-state index contributed by atoms with van der Waals surface area (Å²) in [5.41, 5.74) is 2.74. The minimum absolute atomic E-state index is 0.0731. The maximum absolute atomic E-state index is 12.4. The quantitative estimate of drug-likeness (QED) is 0.702. The van der Waals surface area contributed by atoms with Gasteiger partial charge in [0.25, 0.3) is 0 Å². The maximum Gasteiger partial charge on any atom is 0.319 e. The van der Waals surface area contributed by atoms with E-state index < -0.39 is 0 Å². The number of urea groups is 1. The Hall–Kier alpha value is -3.12. The summed E-state index contributed by atoms with van der Waals surface area (Å²) in [5, 5.41) is 10.2. The second-order valence-corrected chi connectivity index (χ2v) is 6.72. The van der Waals surface area contributed by atoms with Gasteiger partial charge in [-0.25, -0.2) is 9.48 Å². The minimum atomic E-state index is -0.252. The largest absolute Gasteiger partial charge is 0.333 e. The van der Waals surface area contributed by atoms with E-state index in [1.807, 2.05) is 69.6 Å². The molecule has 0 aliphatic heterocycles. The first kappa shape index (κ1) is 18.7. The lowest BCUT2D eigenvalue weighted by Gasteiger charge is -2.31. The topological polar surface area (TPSA) is 62.2 Å². The number of carbonyl (C=O) groups excluding carboxylic acids is 1. The van der Waals surface area contributed by atoms with Gasteiger partial charge >= 0.3 is 6.03 Å². The van der Waals surface area contributed by atoms with Gasteiger partial charge in [-0.2, -0.15) is 5.10 Å². The average molecular weight is 363 g/mol. The van der Waals surface area contributed by atoms with Gasteiger partial charge in [0.05, 0.1) is 29.8 Å². The Morgan fingerprint density at radius 2 is 1.67 bits per heavy atom. The van der Waals surface area contributed by atoms with Crippen LogP contribution >= 0.6 is 0 Å². The molecule has 2 aromatic carbocycles. The number of rotatable bonds is 6. The number of nitrogens with one attached hydrogen (secondary N) is 2. The van der Waals surface area contributed by atoms with Crippen LogP contribution in [-0.2, 0) is 0 Å². The Morgan fingerprint density at radius 1 is 1.04 bits per heavy atom. The van der Waals surface area contributed by atoms with E-state index in [4.69, 9.17) is 0 Å². The van der Waals surface area contributed by atoms with E-state index in [-0.39, 0.29) is 18.1 Å². The third kappa shape index (κ3) is 4.74. The summed E-state index contributed by atoms with van der Waals surface area (Å²) >= 11 is 0. The van der Waals surface area contributed by atoms with Crippen molar-refractivity contribution < 1.29 is 4.79 Å². The van der Waals surface area contributed by atoms with Crippen LogP contribution in [0.2, 0.25) is 0 Å². The van der Waals surface area contributed by atoms with Crippen LogP contribution in [-0.4, -0.2) is 40.8 Å². The molecule has 0 spiro atoms. The van der Waals surface area contributed by atoms with Crippen molar-refractivity contribution in [3.05, 3.63) is 78.6 Å². The molecular weight excluding hydrogens is 338 g/mol. The highest BCUT2D eigenvalue weighted by Gasteiger charge is 2.23. The van der Waals surface area contributed by atoms with Crippen molar-refractivity contribution >= 4 is 11.7 Å². The Bertz CT molecular complexity index is 861. The highest BCUT2D eigenvalue weighted by Crippen LogP contribution is 2.22. The highest BCUT2D eigenvalue weighted by molar-refractivity contribution is 5.89. The second-order valence-electron chi connectivity index (χ2n) is 6.72. The van der Waals surface area contributed by atoms with Crippen LogP contribution in [0.3, 0.4) is 0 Å². The van der Waals surface area contributed by atoms with E-state index in [1.165, 1.54) is 0 Å². The fraction of sp³-hybridized carbons (Fsp3) is 0.238. The fourth-order valence-corrected chi connectivity index (χ4v) is 3.25. The molecule has 0 fully saturated rings. The lowest BCUT2D eigenvalue weighted by molar-refractivity contribution is 0.223. The van der Waals surface area contributed by atoms with Crippen LogP contribution < -0.4 is 10.6 Å². The van der Waals surface area contributed by atoms with E-state index in [2.05, 4.69) is 32.8 Å². The average Bonchev–Trinajstić information content (AvgIpc) is 3.11. The van der Waals surface area contributed by atoms with Gasteiger partial charge in [0.15, 0.2) is 0 Å². The molecule has 0 aliphatic carbocycles. The van der Waals surface area contributed by atoms with Crippen LogP contribution in [0.25, 0.3) is 5.69 Å². The number of likely N-dealkylation sites (N-methyl/N-ethyl adjacent to an activating group) is 1. The molecule has 0 radical (unpaired) electrons. The predicted octanol–water partition coefficient (Wildman–Crippen LogP) is 3.69. The summed E-state index contributed by atoms with van der Waals surface area (Å²) in [4.78, 5) is 14.6. The first-order valence-corrected chi connectivity index (χ1v) is 8.93. The molecule has 0 bridgehead atoms. The van der Waals surface area contributed by atoms with Crippen molar-refractivity contribution in [3.8, 4) is 5.69 Å². The molecule has 2 unspecified atom stereocenters. The summed E-state index contributed by atoms with van der Waals surface area (Å²) < 4.78 is 1.73. The summed E-state index contributed by atoms with van der Waals surface area (Å²) in [7, 11) is 4.02. The molecule has 6 heteroatoms. The minimum Gasteiger partial charge on any atom is -0.333 e. The number of nitrogens with zero attached hydrogens (tertiary/aromatic N) is 3. The van der Waals surface area contributed by atoms with Gasteiger partial charge in [-0.3, -0.25) is 0 Å². The number of anilines is 1. The van der Waals surface area contributed by atoms with Crippen LogP contribution in [0.15, 0.2) is 73.1 Å². The zero-order valence-corrected chi connectivity index (χ0v) is 15.8. The zero-order valence-electron chi connectivity index (χ0n) is 15.8. The molecule has 0 aliphatic rings. The molecule has 1 aromatic heterocycles. The van der Waals surface area contributed by atoms with E-state index in [1.54, 1.807) is 17.1 Å². The van der Waals surface area contributed by atoms with Gasteiger partial charge < -0.3 is 15.5 Å². The van der Waals surface area contributed by atoms with Crippen LogP contribution in [0.5, 0.6) is 0 Å². The van der Waals surface area contributed by atoms with Crippen LogP contribution in [0.1, 0.15) is 18.5 Å². The van der Waals surface area contributed by atoms with Gasteiger partial charge in [-0.15, -0.1) is 0 Å². The van der Waals surface area contributed by atoms with Crippen molar-refractivity contribution in [2.75, 3.05) is 19.4 Å². The Balaban J connectivity index is 1.64. The zero-order chi connectivity index (χ0) is 19.2. The number of aromatic nitrogens is 2. The van der Waals surface area contributed by atoms with Gasteiger partial charge in [0.1, 0.15) is 0 Å². The van der Waals surface area contributed by atoms with E-state index in [0.717, 1.165) is 11.3 Å². The third-order valence-corrected chi connectivity index (χ3v) is 4.39. The highest BCUT2D eigenvalue weighted by atomic mass is 16.2. The van der Waals surface area contributed by atoms with Gasteiger partial charge in [0.2, 0.25) is 0 Å². The number of para-hydroxylation sites is 1. The van der Waals surface area contributed by atoms with Gasteiger partial charge in [0, 0.05) is 6.04 Å². The SMILES string of the molecule is CC(NC(=O)Nc1cnn(-c2ccccc2)c1)C(c1ccccc1)N(C)C. The van der Waals surface area contributed by atoms with Crippen molar-refractivity contribution in [1.29, 1.82) is 0 Å². The number of benzene rings is 2. The molecule has 27 heavy (non-hydrogen) atoms. The summed E-state index contributed by atoms with van der Waals surface area (Å²) in [6.07, 6.45) is 3.43. The monoisotopic (exact) mass is 363 g/mol. The van der Waals surface area contributed by atoms with E-state index in [9.17, 15) is 4.79 Å². The lowest BCUT2D eigenvalue weighted by Crippen LogP contribution is -2.44. The first-order valence-electron chi connectivity index (χ1n) is 8.93. The van der Waals surface area contributed by atoms with Crippen molar-refractivity contribution in [2.24, 2.45) is 0 Å². The normalized spacial score (nSPS) is 13.2. The molecule has 2 N–H and O–H groups in total. The summed E-state index contributed by atoms with van der Waals surface area (Å²) in [6.45, 7) is 2.00. The smallest absolute Gasteiger partial charge is 0.319 e.